The van der Waals surface area contributed by atoms with E-state index in [1.54, 1.807) is 0 Å². The lowest BCUT2D eigenvalue weighted by atomic mass is 9.89. The summed E-state index contributed by atoms with van der Waals surface area (Å²) in [6.45, 7) is 1.94. The van der Waals surface area contributed by atoms with Gasteiger partial charge in [-0.3, -0.25) is 0 Å². The second-order valence-electron chi connectivity index (χ2n) is 10.1. The SMILES string of the molecule is c1cc2cc(c1)Oc1ccc(cc1)C[C@@H]1NCCc3c(cccc31)Oc1ccc3c(c1)[C@H](C2)NCC3. The van der Waals surface area contributed by atoms with E-state index in [-0.39, 0.29) is 12.1 Å². The molecule has 4 nitrogen and oxygen atoms in total. The summed E-state index contributed by atoms with van der Waals surface area (Å²) in [5.74, 6) is 3.64. The third-order valence-corrected chi connectivity index (χ3v) is 7.75. The minimum absolute atomic E-state index is 0.243. The summed E-state index contributed by atoms with van der Waals surface area (Å²) in [6.07, 6.45) is 3.85. The quantitative estimate of drug-likeness (QED) is 0.308. The van der Waals surface area contributed by atoms with Gasteiger partial charge in [0.25, 0.3) is 0 Å². The Hall–Kier alpha value is -3.60. The first kappa shape index (κ1) is 21.7. The molecule has 0 saturated carbocycles. The van der Waals surface area contributed by atoms with Crippen molar-refractivity contribution in [2.24, 2.45) is 0 Å². The molecule has 0 saturated heterocycles. The lowest BCUT2D eigenvalue weighted by Crippen LogP contribution is -2.31. The van der Waals surface area contributed by atoms with Crippen molar-refractivity contribution < 1.29 is 9.47 Å². The summed E-state index contributed by atoms with van der Waals surface area (Å²) in [4.78, 5) is 0. The minimum atomic E-state index is 0.243. The lowest BCUT2D eigenvalue weighted by Gasteiger charge is -2.29. The maximum atomic E-state index is 6.59. The molecule has 2 N–H and O–H groups in total. The summed E-state index contributed by atoms with van der Waals surface area (Å²) >= 11 is 0. The zero-order valence-electron chi connectivity index (χ0n) is 20.3. The summed E-state index contributed by atoms with van der Waals surface area (Å²) in [5.41, 5.74) is 7.95. The molecule has 10 bridgehead atoms. The maximum absolute atomic E-state index is 6.59. The average molecular weight is 475 g/mol. The van der Waals surface area contributed by atoms with Crippen molar-refractivity contribution in [1.82, 2.24) is 10.6 Å². The largest absolute Gasteiger partial charge is 0.457 e. The number of rotatable bonds is 0. The molecule has 0 amide bonds. The van der Waals surface area contributed by atoms with Crippen LogP contribution >= 0.6 is 0 Å². The maximum Gasteiger partial charge on any atom is 0.130 e. The molecule has 0 fully saturated rings. The first-order chi connectivity index (χ1) is 17.8. The van der Waals surface area contributed by atoms with Gasteiger partial charge in [0.1, 0.15) is 23.0 Å². The van der Waals surface area contributed by atoms with Crippen molar-refractivity contribution in [2.75, 3.05) is 13.1 Å². The molecule has 36 heavy (non-hydrogen) atoms. The summed E-state index contributed by atoms with van der Waals surface area (Å²) in [7, 11) is 0. The van der Waals surface area contributed by atoms with E-state index in [0.717, 1.165) is 61.8 Å². The lowest BCUT2D eigenvalue weighted by molar-refractivity contribution is 0.447. The molecule has 0 radical (unpaired) electrons. The van der Waals surface area contributed by atoms with Gasteiger partial charge >= 0.3 is 0 Å². The zero-order valence-corrected chi connectivity index (χ0v) is 20.3. The van der Waals surface area contributed by atoms with E-state index in [9.17, 15) is 0 Å². The van der Waals surface area contributed by atoms with Crippen LogP contribution in [-0.2, 0) is 25.7 Å². The van der Waals surface area contributed by atoms with E-state index in [0.29, 0.717) is 0 Å². The molecular weight excluding hydrogens is 444 g/mol. The van der Waals surface area contributed by atoms with E-state index in [4.69, 9.17) is 9.47 Å². The fourth-order valence-corrected chi connectivity index (χ4v) is 5.96. The van der Waals surface area contributed by atoms with Crippen LogP contribution in [0, 0.1) is 0 Å². The van der Waals surface area contributed by atoms with Crippen LogP contribution in [-0.4, -0.2) is 13.1 Å². The molecule has 4 heteroatoms. The standard InChI is InChI=1S/C32H30N2O2/c1-3-22-17-25(4-1)35-24-10-7-21(8-11-24)18-30-27-5-2-6-32(28(27)14-16-34-30)36-26-12-9-23-13-15-33-31(19-22)29(23)20-26/h1-12,17,20,30-31,33-34H,13-16,18-19H2/t30-,31-/m0/s1. The fourth-order valence-electron chi connectivity index (χ4n) is 5.96. The highest BCUT2D eigenvalue weighted by atomic mass is 16.5. The smallest absolute Gasteiger partial charge is 0.130 e. The summed E-state index contributed by atoms with van der Waals surface area (Å²) < 4.78 is 12.8. The molecule has 0 aliphatic carbocycles. The van der Waals surface area contributed by atoms with Crippen LogP contribution in [0.2, 0.25) is 0 Å². The van der Waals surface area contributed by atoms with Crippen molar-refractivity contribution in [1.29, 1.82) is 0 Å². The molecule has 4 aromatic carbocycles. The zero-order chi connectivity index (χ0) is 23.9. The van der Waals surface area contributed by atoms with Crippen molar-refractivity contribution in [3.05, 3.63) is 118 Å². The van der Waals surface area contributed by atoms with Crippen molar-refractivity contribution in [2.45, 2.75) is 37.8 Å². The Morgan fingerprint density at radius 3 is 2.25 bits per heavy atom. The third-order valence-electron chi connectivity index (χ3n) is 7.75. The number of ether oxygens (including phenoxy) is 2. The summed E-state index contributed by atoms with van der Waals surface area (Å²) in [6, 6.07) is 30.7. The van der Waals surface area contributed by atoms with Crippen LogP contribution in [0.15, 0.2) is 84.9 Å². The molecule has 4 heterocycles. The second kappa shape index (κ2) is 9.12. The van der Waals surface area contributed by atoms with Crippen LogP contribution in [0.1, 0.15) is 45.5 Å². The molecule has 2 atom stereocenters. The monoisotopic (exact) mass is 474 g/mol. The summed E-state index contributed by atoms with van der Waals surface area (Å²) in [5, 5.41) is 7.47. The van der Waals surface area contributed by atoms with Gasteiger partial charge in [-0.1, -0.05) is 42.5 Å². The molecule has 8 rings (SSSR count). The normalized spacial score (nSPS) is 20.3. The second-order valence-corrected chi connectivity index (χ2v) is 10.1. The third kappa shape index (κ3) is 4.17. The van der Waals surface area contributed by atoms with Gasteiger partial charge in [-0.15, -0.1) is 0 Å². The van der Waals surface area contributed by atoms with Crippen LogP contribution in [0.3, 0.4) is 0 Å². The molecule has 4 aliphatic heterocycles. The van der Waals surface area contributed by atoms with Gasteiger partial charge < -0.3 is 20.1 Å². The van der Waals surface area contributed by atoms with Gasteiger partial charge in [-0.25, -0.2) is 0 Å². The minimum Gasteiger partial charge on any atom is -0.457 e. The molecule has 0 unspecified atom stereocenters. The Balaban J connectivity index is 1.34. The van der Waals surface area contributed by atoms with Crippen molar-refractivity contribution in [3.63, 3.8) is 0 Å². The van der Waals surface area contributed by atoms with Gasteiger partial charge in [0.2, 0.25) is 0 Å². The molecule has 4 aromatic rings. The van der Waals surface area contributed by atoms with Crippen molar-refractivity contribution in [3.8, 4) is 23.0 Å². The number of fused-ring (bicyclic) bond motifs is 2. The highest BCUT2D eigenvalue weighted by Gasteiger charge is 2.25. The Bertz CT molecular complexity index is 1410. The van der Waals surface area contributed by atoms with Crippen LogP contribution < -0.4 is 20.1 Å². The number of hydrogen-bond donors (Lipinski definition) is 2. The highest BCUT2D eigenvalue weighted by molar-refractivity contribution is 5.48. The Labute approximate surface area is 212 Å². The molecule has 0 aromatic heterocycles. The molecule has 0 spiro atoms. The van der Waals surface area contributed by atoms with Crippen molar-refractivity contribution >= 4 is 0 Å². The predicted molar refractivity (Wildman–Crippen MR) is 142 cm³/mol. The van der Waals surface area contributed by atoms with E-state index in [2.05, 4.69) is 89.5 Å². The Kier molecular flexibility index (Phi) is 5.49. The topological polar surface area (TPSA) is 42.5 Å². The molecular formula is C32H30N2O2. The van der Waals surface area contributed by atoms with E-state index < -0.39 is 0 Å². The Morgan fingerprint density at radius 2 is 1.33 bits per heavy atom. The van der Waals surface area contributed by atoms with Gasteiger partial charge in [-0.2, -0.15) is 0 Å². The fraction of sp³-hybridized carbons (Fsp3) is 0.250. The number of nitrogens with one attached hydrogen (secondary N) is 2. The first-order valence-electron chi connectivity index (χ1n) is 13.0. The van der Waals surface area contributed by atoms with Crippen LogP contribution in [0.5, 0.6) is 23.0 Å². The number of benzene rings is 4. The van der Waals surface area contributed by atoms with Crippen LogP contribution in [0.25, 0.3) is 0 Å². The number of hydrogen-bond acceptors (Lipinski definition) is 4. The van der Waals surface area contributed by atoms with Crippen LogP contribution in [0.4, 0.5) is 0 Å². The highest BCUT2D eigenvalue weighted by Crippen LogP contribution is 2.37. The van der Waals surface area contributed by atoms with E-state index >= 15 is 0 Å². The van der Waals surface area contributed by atoms with E-state index in [1.165, 1.54) is 33.4 Å². The van der Waals surface area contributed by atoms with Gasteiger partial charge in [0.05, 0.1) is 0 Å². The predicted octanol–water partition coefficient (Wildman–Crippen LogP) is 6.44. The van der Waals surface area contributed by atoms with Gasteiger partial charge in [0, 0.05) is 17.6 Å². The first-order valence-corrected chi connectivity index (χ1v) is 13.0. The molecule has 4 aliphatic rings. The average Bonchev–Trinajstić information content (AvgIpc) is 2.90. The van der Waals surface area contributed by atoms with Gasteiger partial charge in [0.15, 0.2) is 0 Å². The van der Waals surface area contributed by atoms with Gasteiger partial charge in [-0.05, 0) is 109 Å². The van der Waals surface area contributed by atoms with E-state index in [1.807, 2.05) is 6.07 Å². The Morgan fingerprint density at radius 1 is 0.583 bits per heavy atom. The molecule has 180 valence electrons.